The van der Waals surface area contributed by atoms with E-state index in [0.717, 1.165) is 5.25 Å². The quantitative estimate of drug-likeness (QED) is 0.363. The fourth-order valence-corrected chi connectivity index (χ4v) is 4.08. The van der Waals surface area contributed by atoms with Crippen molar-refractivity contribution in [2.75, 3.05) is 5.75 Å². The van der Waals surface area contributed by atoms with Gasteiger partial charge in [0.1, 0.15) is 0 Å². The molecule has 0 bridgehead atoms. The van der Waals surface area contributed by atoms with Gasteiger partial charge in [0.05, 0.1) is 0 Å². The second-order valence-corrected chi connectivity index (χ2v) is 5.34. The van der Waals surface area contributed by atoms with Crippen LogP contribution in [0.15, 0.2) is 12.7 Å². The second kappa shape index (κ2) is 5.14. The first-order valence-corrected chi connectivity index (χ1v) is 6.21. The van der Waals surface area contributed by atoms with E-state index in [9.17, 15) is 0 Å². The van der Waals surface area contributed by atoms with Crippen molar-refractivity contribution >= 4 is 21.6 Å². The van der Waals surface area contributed by atoms with Gasteiger partial charge in [0.2, 0.25) is 0 Å². The third-order valence-corrected chi connectivity index (χ3v) is 4.67. The van der Waals surface area contributed by atoms with Crippen molar-refractivity contribution in [2.24, 2.45) is 0 Å². The third-order valence-electron chi connectivity index (χ3n) is 1.66. The molecular formula is C8H14S2. The van der Waals surface area contributed by atoms with Crippen LogP contribution >= 0.6 is 21.6 Å². The lowest BCUT2D eigenvalue weighted by atomic mass is 10.1. The number of hydrogen-bond acceptors (Lipinski definition) is 2. The Labute approximate surface area is 71.2 Å². The van der Waals surface area contributed by atoms with Gasteiger partial charge in [0, 0.05) is 11.0 Å². The van der Waals surface area contributed by atoms with Crippen LogP contribution in [0.1, 0.15) is 25.7 Å². The minimum atomic E-state index is 0.949. The van der Waals surface area contributed by atoms with Crippen LogP contribution in [0.25, 0.3) is 0 Å². The number of hydrogen-bond donors (Lipinski definition) is 0. The molecule has 10 heavy (non-hydrogen) atoms. The number of unbranched alkanes of at least 4 members (excludes halogenated alkanes) is 1. The Morgan fingerprint density at radius 1 is 1.60 bits per heavy atom. The lowest BCUT2D eigenvalue weighted by molar-refractivity contribution is 0.701. The summed E-state index contributed by atoms with van der Waals surface area (Å²) in [6, 6.07) is 0. The summed E-state index contributed by atoms with van der Waals surface area (Å²) in [5.41, 5.74) is 0. The molecule has 1 saturated heterocycles. The molecule has 0 N–H and O–H groups in total. The van der Waals surface area contributed by atoms with Crippen LogP contribution in [0.5, 0.6) is 0 Å². The van der Waals surface area contributed by atoms with Crippen molar-refractivity contribution < 1.29 is 0 Å². The normalized spacial score (nSPS) is 25.0. The lowest BCUT2D eigenvalue weighted by Gasteiger charge is -2.03. The predicted octanol–water partition coefficient (Wildman–Crippen LogP) is 3.50. The van der Waals surface area contributed by atoms with Gasteiger partial charge < -0.3 is 0 Å². The molecule has 0 aliphatic carbocycles. The zero-order valence-electron chi connectivity index (χ0n) is 6.21. The number of allylic oxidation sites excluding steroid dienone is 1. The van der Waals surface area contributed by atoms with E-state index in [0.29, 0.717) is 0 Å². The topological polar surface area (TPSA) is 0 Å². The van der Waals surface area contributed by atoms with Crippen LogP contribution in [0.4, 0.5) is 0 Å². The van der Waals surface area contributed by atoms with Gasteiger partial charge in [-0.25, -0.2) is 0 Å². The fraction of sp³-hybridized carbons (Fsp3) is 0.750. The molecule has 0 aromatic heterocycles. The Bertz CT molecular complexity index is 95.4. The van der Waals surface area contributed by atoms with Crippen LogP contribution in [0, 0.1) is 0 Å². The minimum absolute atomic E-state index is 0.949. The highest BCUT2D eigenvalue weighted by molar-refractivity contribution is 8.77. The van der Waals surface area contributed by atoms with E-state index in [4.69, 9.17) is 0 Å². The molecule has 58 valence electrons. The van der Waals surface area contributed by atoms with Gasteiger partial charge >= 0.3 is 0 Å². The summed E-state index contributed by atoms with van der Waals surface area (Å²) >= 11 is 0. The maximum Gasteiger partial charge on any atom is 0.0159 e. The first kappa shape index (κ1) is 8.54. The molecule has 0 nitrogen and oxygen atoms in total. The van der Waals surface area contributed by atoms with E-state index in [1.54, 1.807) is 0 Å². The van der Waals surface area contributed by atoms with E-state index in [1.807, 2.05) is 16.9 Å². The van der Waals surface area contributed by atoms with Crippen molar-refractivity contribution in [3.63, 3.8) is 0 Å². The van der Waals surface area contributed by atoms with Crippen molar-refractivity contribution in [3.8, 4) is 0 Å². The van der Waals surface area contributed by atoms with Crippen molar-refractivity contribution in [2.45, 2.75) is 30.9 Å². The summed E-state index contributed by atoms with van der Waals surface area (Å²) in [7, 11) is 4.11. The molecule has 1 rings (SSSR count). The zero-order valence-corrected chi connectivity index (χ0v) is 7.85. The molecule has 0 saturated carbocycles. The Morgan fingerprint density at radius 2 is 2.50 bits per heavy atom. The Morgan fingerprint density at radius 3 is 3.10 bits per heavy atom. The van der Waals surface area contributed by atoms with E-state index >= 15 is 0 Å². The molecular weight excluding hydrogens is 160 g/mol. The minimum Gasteiger partial charge on any atom is -0.103 e. The van der Waals surface area contributed by atoms with Crippen LogP contribution in [-0.4, -0.2) is 11.0 Å². The first-order chi connectivity index (χ1) is 4.93. The molecule has 1 aliphatic heterocycles. The third kappa shape index (κ3) is 3.02. The van der Waals surface area contributed by atoms with E-state index in [2.05, 4.69) is 17.4 Å². The Kier molecular flexibility index (Phi) is 4.39. The van der Waals surface area contributed by atoms with Gasteiger partial charge in [0.15, 0.2) is 0 Å². The molecule has 1 fully saturated rings. The molecule has 1 atom stereocenters. The second-order valence-electron chi connectivity index (χ2n) is 2.55. The van der Waals surface area contributed by atoms with E-state index in [1.165, 1.54) is 31.4 Å². The van der Waals surface area contributed by atoms with Gasteiger partial charge in [-0.05, 0) is 25.7 Å². The fourth-order valence-electron chi connectivity index (χ4n) is 1.05. The average Bonchev–Trinajstić information content (AvgIpc) is 2.41. The zero-order chi connectivity index (χ0) is 7.23. The summed E-state index contributed by atoms with van der Waals surface area (Å²) in [4.78, 5) is 0. The van der Waals surface area contributed by atoms with Crippen LogP contribution < -0.4 is 0 Å². The summed E-state index contributed by atoms with van der Waals surface area (Å²) in [5, 5.41) is 0.949. The Hall–Kier alpha value is 0.440. The molecule has 0 amide bonds. The average molecular weight is 174 g/mol. The SMILES string of the molecule is C=CCCC[C@@H]1CCSS1. The van der Waals surface area contributed by atoms with Crippen molar-refractivity contribution in [1.82, 2.24) is 0 Å². The molecule has 0 unspecified atom stereocenters. The van der Waals surface area contributed by atoms with Crippen LogP contribution in [-0.2, 0) is 0 Å². The molecule has 0 aromatic carbocycles. The predicted molar refractivity (Wildman–Crippen MR) is 52.5 cm³/mol. The van der Waals surface area contributed by atoms with Crippen LogP contribution in [0.2, 0.25) is 0 Å². The maximum atomic E-state index is 3.71. The van der Waals surface area contributed by atoms with Gasteiger partial charge in [-0.15, -0.1) is 6.58 Å². The summed E-state index contributed by atoms with van der Waals surface area (Å²) in [6.45, 7) is 3.71. The molecule has 0 aromatic rings. The van der Waals surface area contributed by atoms with E-state index in [-0.39, 0.29) is 0 Å². The monoisotopic (exact) mass is 174 g/mol. The molecule has 0 radical (unpaired) electrons. The molecule has 1 heterocycles. The largest absolute Gasteiger partial charge is 0.103 e. The van der Waals surface area contributed by atoms with E-state index < -0.39 is 0 Å². The standard InChI is InChI=1S/C8H14S2/c1-2-3-4-5-8-6-7-9-10-8/h2,8H,1,3-7H2/t8-/m1/s1. The van der Waals surface area contributed by atoms with Gasteiger partial charge in [0.25, 0.3) is 0 Å². The highest BCUT2D eigenvalue weighted by Gasteiger charge is 2.14. The number of rotatable bonds is 4. The van der Waals surface area contributed by atoms with Crippen LogP contribution in [0.3, 0.4) is 0 Å². The summed E-state index contributed by atoms with van der Waals surface area (Å²) in [6.07, 6.45) is 7.37. The van der Waals surface area contributed by atoms with Gasteiger partial charge in [-0.1, -0.05) is 27.7 Å². The Balaban J connectivity index is 1.96. The highest BCUT2D eigenvalue weighted by Crippen LogP contribution is 2.39. The molecule has 1 aliphatic rings. The van der Waals surface area contributed by atoms with Crippen molar-refractivity contribution in [1.29, 1.82) is 0 Å². The first-order valence-electron chi connectivity index (χ1n) is 3.82. The van der Waals surface area contributed by atoms with Gasteiger partial charge in [-0.3, -0.25) is 0 Å². The molecule has 2 heteroatoms. The van der Waals surface area contributed by atoms with Crippen molar-refractivity contribution in [3.05, 3.63) is 12.7 Å². The molecule has 0 spiro atoms. The van der Waals surface area contributed by atoms with Gasteiger partial charge in [-0.2, -0.15) is 0 Å². The smallest absolute Gasteiger partial charge is 0.0159 e. The summed E-state index contributed by atoms with van der Waals surface area (Å²) in [5.74, 6) is 1.36. The highest BCUT2D eigenvalue weighted by atomic mass is 33.1. The maximum absolute atomic E-state index is 3.71. The summed E-state index contributed by atoms with van der Waals surface area (Å²) < 4.78 is 0. The lowest BCUT2D eigenvalue weighted by Crippen LogP contribution is -1.95.